The van der Waals surface area contributed by atoms with Gasteiger partial charge in [-0.05, 0) is 94.0 Å². The van der Waals surface area contributed by atoms with Crippen molar-refractivity contribution >= 4 is 63.7 Å². The Kier molecular flexibility index (Phi) is 13.1. The lowest BCUT2D eigenvalue weighted by Crippen LogP contribution is -2.54. The number of hydrogen-bond acceptors (Lipinski definition) is 10. The number of carbonyl (C=O) groups excluding carboxylic acids is 4. The maximum absolute atomic E-state index is 13.9. The number of nitrogens with zero attached hydrogens (tertiary/aromatic N) is 5. The van der Waals surface area contributed by atoms with Gasteiger partial charge in [0, 0.05) is 67.7 Å². The van der Waals surface area contributed by atoms with E-state index in [0.29, 0.717) is 50.0 Å². The Morgan fingerprint density at radius 2 is 1.78 bits per heavy atom. The number of alkyl halides is 5. The molecule has 3 aliphatic rings. The summed E-state index contributed by atoms with van der Waals surface area (Å²) in [4.78, 5) is 56.8. The highest BCUT2D eigenvalue weighted by Crippen LogP contribution is 2.41. The van der Waals surface area contributed by atoms with E-state index in [1.54, 1.807) is 30.3 Å². The van der Waals surface area contributed by atoms with E-state index in [1.165, 1.54) is 43.0 Å². The molecule has 19 heteroatoms. The normalized spacial score (nSPS) is 20.0. The lowest BCUT2D eigenvalue weighted by molar-refractivity contribution is -0.138. The van der Waals surface area contributed by atoms with E-state index >= 15 is 0 Å². The number of carbonyl (C=O) groups is 4. The van der Waals surface area contributed by atoms with E-state index in [0.717, 1.165) is 11.0 Å². The number of amides is 4. The quantitative estimate of drug-likeness (QED) is 0.113. The van der Waals surface area contributed by atoms with Crippen molar-refractivity contribution in [3.05, 3.63) is 77.4 Å². The molecule has 3 aliphatic heterocycles. The molecule has 0 saturated carbocycles. The average molecular weight is 855 g/mol. The molecule has 3 aromatic rings. The standard InChI is InChI=1S/C41H43F5N8O5S/c1-24-22-51(13-14-52(24)23-36(56)49-28-6-4-5-27(19-28)48-32-10-12-35(55)50-37(32)57)15-16-59-33-11-9-30(17-26(33)18-34(42)43)54-39(60)53(38(58)40(54,2)3)29-8-7-25(21-47)31(20-29)41(44,45)46/h4-9,11,17,19-20,24,32,34,48H,10,12-16,18,22-23H2,1-3H3,(H,49,56)(H,50,55,57). The number of benzene rings is 3. The summed E-state index contributed by atoms with van der Waals surface area (Å²) in [7, 11) is 0. The van der Waals surface area contributed by atoms with Gasteiger partial charge in [0.05, 0.1) is 29.4 Å². The smallest absolute Gasteiger partial charge is 0.417 e. The maximum Gasteiger partial charge on any atom is 0.417 e. The van der Waals surface area contributed by atoms with E-state index in [4.69, 9.17) is 17.0 Å². The zero-order chi connectivity index (χ0) is 43.5. The number of ether oxygens (including phenoxy) is 1. The van der Waals surface area contributed by atoms with Crippen molar-refractivity contribution in [3.8, 4) is 11.8 Å². The summed E-state index contributed by atoms with van der Waals surface area (Å²) >= 11 is 5.61. The van der Waals surface area contributed by atoms with Crippen LogP contribution < -0.4 is 30.5 Å². The predicted molar refractivity (Wildman–Crippen MR) is 217 cm³/mol. The molecule has 6 rings (SSSR count). The Morgan fingerprint density at radius 1 is 1.05 bits per heavy atom. The molecule has 3 saturated heterocycles. The minimum absolute atomic E-state index is 0.00188. The van der Waals surface area contributed by atoms with Crippen LogP contribution in [-0.2, 0) is 31.8 Å². The van der Waals surface area contributed by atoms with Gasteiger partial charge in [0.1, 0.15) is 23.9 Å². The molecular weight excluding hydrogens is 812 g/mol. The van der Waals surface area contributed by atoms with Crippen LogP contribution in [0.3, 0.4) is 0 Å². The van der Waals surface area contributed by atoms with Crippen molar-refractivity contribution in [3.63, 3.8) is 0 Å². The van der Waals surface area contributed by atoms with Crippen LogP contribution in [0.4, 0.5) is 44.7 Å². The third-order valence-electron chi connectivity index (χ3n) is 10.6. The van der Waals surface area contributed by atoms with Crippen LogP contribution in [0.5, 0.6) is 5.75 Å². The number of piperidine rings is 1. The molecule has 0 bridgehead atoms. The Labute approximate surface area is 348 Å². The fraction of sp³-hybridized carbons (Fsp3) is 0.415. The van der Waals surface area contributed by atoms with Gasteiger partial charge >= 0.3 is 6.18 Å². The summed E-state index contributed by atoms with van der Waals surface area (Å²) in [5.74, 6) is -1.37. The molecule has 0 radical (unpaired) electrons. The lowest BCUT2D eigenvalue weighted by atomic mass is 10.0. The average Bonchev–Trinajstić information content (AvgIpc) is 3.35. The first kappa shape index (κ1) is 43.9. The molecule has 318 valence electrons. The van der Waals surface area contributed by atoms with Gasteiger partial charge in [-0.25, -0.2) is 8.78 Å². The molecule has 2 atom stereocenters. The van der Waals surface area contributed by atoms with E-state index in [-0.39, 0.29) is 65.2 Å². The summed E-state index contributed by atoms with van der Waals surface area (Å²) in [5, 5.41) is 17.4. The molecule has 0 aromatic heterocycles. The highest BCUT2D eigenvalue weighted by molar-refractivity contribution is 7.81. The van der Waals surface area contributed by atoms with Crippen LogP contribution in [0.25, 0.3) is 0 Å². The topological polar surface area (TPSA) is 150 Å². The van der Waals surface area contributed by atoms with Crippen LogP contribution in [0, 0.1) is 11.3 Å². The third kappa shape index (κ3) is 9.83. The number of halogens is 5. The largest absolute Gasteiger partial charge is 0.492 e. The summed E-state index contributed by atoms with van der Waals surface area (Å²) < 4.78 is 75.1. The number of nitriles is 1. The Balaban J connectivity index is 1.04. The summed E-state index contributed by atoms with van der Waals surface area (Å²) in [5.41, 5.74) is -1.87. The predicted octanol–water partition coefficient (Wildman–Crippen LogP) is 5.54. The molecule has 13 nitrogen and oxygen atoms in total. The van der Waals surface area contributed by atoms with Crippen LogP contribution in [0.2, 0.25) is 0 Å². The molecule has 3 N–H and O–H groups in total. The molecule has 2 unspecified atom stereocenters. The second kappa shape index (κ2) is 17.9. The second-order valence-electron chi connectivity index (χ2n) is 15.3. The summed E-state index contributed by atoms with van der Waals surface area (Å²) in [6.45, 7) is 7.61. The molecule has 60 heavy (non-hydrogen) atoms. The number of thiocarbonyl (C=S) groups is 1. The second-order valence-corrected chi connectivity index (χ2v) is 15.7. The number of anilines is 4. The zero-order valence-corrected chi connectivity index (χ0v) is 33.8. The molecule has 3 aromatic carbocycles. The lowest BCUT2D eigenvalue weighted by Gasteiger charge is -2.39. The van der Waals surface area contributed by atoms with Crippen molar-refractivity contribution in [2.45, 2.75) is 70.3 Å². The Morgan fingerprint density at radius 3 is 2.47 bits per heavy atom. The van der Waals surface area contributed by atoms with E-state index in [1.807, 2.05) is 11.8 Å². The first-order valence-corrected chi connectivity index (χ1v) is 19.6. The zero-order valence-electron chi connectivity index (χ0n) is 32.9. The minimum Gasteiger partial charge on any atom is -0.492 e. The van der Waals surface area contributed by atoms with Crippen molar-refractivity contribution < 1.29 is 45.9 Å². The molecule has 0 spiro atoms. The monoisotopic (exact) mass is 854 g/mol. The molecule has 3 heterocycles. The molecule has 4 amide bonds. The number of hydrogen-bond donors (Lipinski definition) is 3. The summed E-state index contributed by atoms with van der Waals surface area (Å²) in [6.07, 6.45) is -7.69. The first-order chi connectivity index (χ1) is 28.3. The van der Waals surface area contributed by atoms with Crippen LogP contribution in [0.1, 0.15) is 50.3 Å². The molecule has 3 fully saturated rings. The number of rotatable bonds is 13. The number of nitrogens with one attached hydrogen (secondary N) is 3. The number of piperazine rings is 1. The van der Waals surface area contributed by atoms with E-state index in [9.17, 15) is 46.4 Å². The van der Waals surface area contributed by atoms with E-state index < -0.39 is 53.5 Å². The summed E-state index contributed by atoms with van der Waals surface area (Å²) in [6, 6.07) is 15.3. The highest BCUT2D eigenvalue weighted by atomic mass is 32.1. The highest BCUT2D eigenvalue weighted by Gasteiger charge is 2.51. The van der Waals surface area contributed by atoms with Crippen molar-refractivity contribution in [1.29, 1.82) is 5.26 Å². The first-order valence-electron chi connectivity index (χ1n) is 19.2. The van der Waals surface area contributed by atoms with Crippen LogP contribution in [0.15, 0.2) is 60.7 Å². The van der Waals surface area contributed by atoms with Crippen LogP contribution >= 0.6 is 12.2 Å². The maximum atomic E-state index is 13.9. The SMILES string of the molecule is CC1CN(CCOc2ccc(N3C(=S)N(c4ccc(C#N)c(C(F)(F)F)c4)C(=O)C3(C)C)cc2CC(F)F)CCN1CC(=O)Nc1cccc(NC2CCC(=O)NC2=O)c1. The van der Waals surface area contributed by atoms with Crippen molar-refractivity contribution in [2.24, 2.45) is 0 Å². The van der Waals surface area contributed by atoms with Gasteiger partial charge in [0.15, 0.2) is 5.11 Å². The van der Waals surface area contributed by atoms with Crippen molar-refractivity contribution in [2.75, 3.05) is 59.8 Å². The van der Waals surface area contributed by atoms with Gasteiger partial charge in [-0.3, -0.25) is 39.2 Å². The van der Waals surface area contributed by atoms with E-state index in [2.05, 4.69) is 20.9 Å². The van der Waals surface area contributed by atoms with Gasteiger partial charge in [-0.15, -0.1) is 0 Å². The fourth-order valence-electron chi connectivity index (χ4n) is 7.53. The molecule has 0 aliphatic carbocycles. The Bertz CT molecular complexity index is 2220. The van der Waals surface area contributed by atoms with Gasteiger partial charge in [0.25, 0.3) is 5.91 Å². The van der Waals surface area contributed by atoms with Gasteiger partial charge in [-0.2, -0.15) is 18.4 Å². The third-order valence-corrected chi connectivity index (χ3v) is 11.0. The van der Waals surface area contributed by atoms with Gasteiger partial charge in [0.2, 0.25) is 24.1 Å². The van der Waals surface area contributed by atoms with Crippen LogP contribution in [-0.4, -0.2) is 102 Å². The number of imide groups is 1. The van der Waals surface area contributed by atoms with Crippen molar-refractivity contribution in [1.82, 2.24) is 15.1 Å². The molecular formula is C41H43F5N8O5S. The van der Waals surface area contributed by atoms with Gasteiger partial charge in [-0.1, -0.05) is 6.07 Å². The van der Waals surface area contributed by atoms with Gasteiger partial charge < -0.3 is 20.3 Å². The fourth-order valence-corrected chi connectivity index (χ4v) is 8.05. The minimum atomic E-state index is -4.87. The Hall–Kier alpha value is -5.71.